The molecule has 2 aliphatic rings. The summed E-state index contributed by atoms with van der Waals surface area (Å²) >= 11 is 0. The number of β-amino-alcohol motifs (C(OH)–C–C–N with tert-alkyl or cyclic N) is 1. The zero-order valence-electron chi connectivity index (χ0n) is 17.5. The van der Waals surface area contributed by atoms with Crippen molar-refractivity contribution in [1.29, 1.82) is 0 Å². The van der Waals surface area contributed by atoms with Crippen molar-refractivity contribution < 1.29 is 19.7 Å². The highest BCUT2D eigenvalue weighted by molar-refractivity contribution is 5.45. The largest absolute Gasteiger partial charge is 0.497 e. The van der Waals surface area contributed by atoms with Crippen molar-refractivity contribution in [2.75, 3.05) is 26.7 Å². The van der Waals surface area contributed by atoms with Crippen LogP contribution in [0.1, 0.15) is 53.7 Å². The summed E-state index contributed by atoms with van der Waals surface area (Å²) in [5, 5.41) is 21.4. The second kappa shape index (κ2) is 7.98. The lowest BCUT2D eigenvalue weighted by Crippen LogP contribution is -2.51. The number of benzene rings is 2. The van der Waals surface area contributed by atoms with Crippen molar-refractivity contribution in [2.24, 2.45) is 0 Å². The molecule has 2 heterocycles. The Labute approximate surface area is 172 Å². The van der Waals surface area contributed by atoms with E-state index in [9.17, 15) is 10.2 Å². The molecule has 0 saturated carbocycles. The number of nitrogens with zero attached hydrogens (tertiary/aromatic N) is 1. The number of piperidine rings is 1. The van der Waals surface area contributed by atoms with Crippen molar-refractivity contribution in [2.45, 2.75) is 50.9 Å². The van der Waals surface area contributed by atoms with Crippen LogP contribution in [0.4, 0.5) is 0 Å². The lowest BCUT2D eigenvalue weighted by Gasteiger charge is -2.46. The lowest BCUT2D eigenvalue weighted by atomic mass is 9.81. The fraction of sp³-hybridized carbons (Fsp3) is 0.500. The third kappa shape index (κ3) is 4.13. The van der Waals surface area contributed by atoms with Gasteiger partial charge in [0.15, 0.2) is 0 Å². The van der Waals surface area contributed by atoms with E-state index in [0.29, 0.717) is 13.0 Å². The standard InChI is InChI=1S/C24H31NO4/c1-16-12-20-21(26)14-24(29-23(20)13-17(16)2)8-10-25(11-9-24)15-22(27)18-4-6-19(28-3)7-5-18/h4-7,12-13,21-22,26-27H,8-11,14-15H2,1-3H3/t21-,22+/m0/s1. The summed E-state index contributed by atoms with van der Waals surface area (Å²) in [4.78, 5) is 2.28. The first-order chi connectivity index (χ1) is 13.9. The molecule has 0 unspecified atom stereocenters. The Balaban J connectivity index is 1.39. The molecule has 2 N–H and O–H groups in total. The van der Waals surface area contributed by atoms with Crippen LogP contribution < -0.4 is 9.47 Å². The van der Waals surface area contributed by atoms with Crippen LogP contribution in [0, 0.1) is 13.8 Å². The van der Waals surface area contributed by atoms with Gasteiger partial charge in [0.2, 0.25) is 0 Å². The Morgan fingerprint density at radius 3 is 2.45 bits per heavy atom. The highest BCUT2D eigenvalue weighted by atomic mass is 16.5. The molecule has 2 aromatic rings. The molecule has 0 bridgehead atoms. The fourth-order valence-corrected chi connectivity index (χ4v) is 4.52. The van der Waals surface area contributed by atoms with Gasteiger partial charge in [-0.3, -0.25) is 0 Å². The molecular weight excluding hydrogens is 366 g/mol. The van der Waals surface area contributed by atoms with Gasteiger partial charge in [-0.25, -0.2) is 0 Å². The topological polar surface area (TPSA) is 62.2 Å². The molecule has 29 heavy (non-hydrogen) atoms. The van der Waals surface area contributed by atoms with E-state index < -0.39 is 12.2 Å². The molecule has 0 aliphatic carbocycles. The molecule has 2 aromatic carbocycles. The summed E-state index contributed by atoms with van der Waals surface area (Å²) in [6, 6.07) is 11.7. The predicted octanol–water partition coefficient (Wildman–Crippen LogP) is 3.70. The molecule has 0 aromatic heterocycles. The second-order valence-electron chi connectivity index (χ2n) is 8.57. The monoisotopic (exact) mass is 397 g/mol. The maximum Gasteiger partial charge on any atom is 0.126 e. The van der Waals surface area contributed by atoms with Gasteiger partial charge in [-0.05, 0) is 67.6 Å². The van der Waals surface area contributed by atoms with E-state index in [1.807, 2.05) is 24.3 Å². The van der Waals surface area contributed by atoms with Gasteiger partial charge in [-0.1, -0.05) is 12.1 Å². The zero-order valence-corrected chi connectivity index (χ0v) is 17.5. The van der Waals surface area contributed by atoms with Gasteiger partial charge in [0, 0.05) is 31.6 Å². The van der Waals surface area contributed by atoms with E-state index in [-0.39, 0.29) is 5.60 Å². The minimum Gasteiger partial charge on any atom is -0.497 e. The number of rotatable bonds is 4. The number of aliphatic hydroxyl groups excluding tert-OH is 2. The fourth-order valence-electron chi connectivity index (χ4n) is 4.52. The highest BCUT2D eigenvalue weighted by Crippen LogP contribution is 2.45. The van der Waals surface area contributed by atoms with E-state index in [1.165, 1.54) is 11.1 Å². The first kappa shape index (κ1) is 20.2. The summed E-state index contributed by atoms with van der Waals surface area (Å²) in [6.07, 6.45) is 1.34. The van der Waals surface area contributed by atoms with Crippen LogP contribution in [0.15, 0.2) is 36.4 Å². The van der Waals surface area contributed by atoms with Crippen molar-refractivity contribution in [3.8, 4) is 11.5 Å². The van der Waals surface area contributed by atoms with Gasteiger partial charge in [-0.15, -0.1) is 0 Å². The quantitative estimate of drug-likeness (QED) is 0.824. The summed E-state index contributed by atoms with van der Waals surface area (Å²) in [5.74, 6) is 1.62. The summed E-state index contributed by atoms with van der Waals surface area (Å²) < 4.78 is 11.7. The lowest BCUT2D eigenvalue weighted by molar-refractivity contribution is -0.0588. The smallest absolute Gasteiger partial charge is 0.126 e. The second-order valence-corrected chi connectivity index (χ2v) is 8.57. The van der Waals surface area contributed by atoms with Crippen LogP contribution in [-0.2, 0) is 0 Å². The Morgan fingerprint density at radius 2 is 1.79 bits per heavy atom. The Morgan fingerprint density at radius 1 is 1.14 bits per heavy atom. The molecule has 5 heteroatoms. The first-order valence-electron chi connectivity index (χ1n) is 10.4. The number of aryl methyl sites for hydroxylation is 2. The zero-order chi connectivity index (χ0) is 20.6. The number of likely N-dealkylation sites (tertiary alicyclic amines) is 1. The number of hydrogen-bond donors (Lipinski definition) is 2. The summed E-state index contributed by atoms with van der Waals surface area (Å²) in [5.41, 5.74) is 3.87. The van der Waals surface area contributed by atoms with E-state index in [2.05, 4.69) is 30.9 Å². The van der Waals surface area contributed by atoms with Crippen LogP contribution >= 0.6 is 0 Å². The van der Waals surface area contributed by atoms with Gasteiger partial charge >= 0.3 is 0 Å². The molecule has 4 rings (SSSR count). The third-order valence-electron chi connectivity index (χ3n) is 6.58. The molecule has 5 nitrogen and oxygen atoms in total. The van der Waals surface area contributed by atoms with E-state index in [1.54, 1.807) is 7.11 Å². The number of fused-ring (bicyclic) bond motifs is 1. The molecule has 1 fully saturated rings. The van der Waals surface area contributed by atoms with Crippen LogP contribution in [0.5, 0.6) is 11.5 Å². The molecule has 0 amide bonds. The SMILES string of the molecule is COc1ccc([C@H](O)CN2CCC3(CC2)C[C@H](O)c2cc(C)c(C)cc2O3)cc1. The Bertz CT molecular complexity index is 856. The van der Waals surface area contributed by atoms with Gasteiger partial charge in [0.05, 0.1) is 19.3 Å². The first-order valence-corrected chi connectivity index (χ1v) is 10.4. The van der Waals surface area contributed by atoms with Gasteiger partial charge in [0.25, 0.3) is 0 Å². The van der Waals surface area contributed by atoms with Crippen molar-refractivity contribution in [3.63, 3.8) is 0 Å². The molecule has 2 atom stereocenters. The molecule has 156 valence electrons. The van der Waals surface area contributed by atoms with Crippen LogP contribution in [0.3, 0.4) is 0 Å². The van der Waals surface area contributed by atoms with E-state index in [4.69, 9.17) is 9.47 Å². The molecule has 2 aliphatic heterocycles. The Hall–Kier alpha value is -2.08. The van der Waals surface area contributed by atoms with Gasteiger partial charge in [0.1, 0.15) is 17.1 Å². The van der Waals surface area contributed by atoms with Crippen LogP contribution in [0.2, 0.25) is 0 Å². The number of hydrogen-bond acceptors (Lipinski definition) is 5. The molecule has 1 saturated heterocycles. The molecular formula is C24H31NO4. The molecule has 1 spiro atoms. The number of methoxy groups -OCH3 is 1. The minimum absolute atomic E-state index is 0.310. The van der Waals surface area contributed by atoms with E-state index in [0.717, 1.165) is 48.6 Å². The summed E-state index contributed by atoms with van der Waals surface area (Å²) in [6.45, 7) is 6.44. The number of aliphatic hydroxyl groups is 2. The average Bonchev–Trinajstić information content (AvgIpc) is 2.71. The van der Waals surface area contributed by atoms with Crippen LogP contribution in [-0.4, -0.2) is 47.5 Å². The normalized spacial score (nSPS) is 22.0. The average molecular weight is 398 g/mol. The van der Waals surface area contributed by atoms with Gasteiger partial charge < -0.3 is 24.6 Å². The highest BCUT2D eigenvalue weighted by Gasteiger charge is 2.43. The van der Waals surface area contributed by atoms with E-state index >= 15 is 0 Å². The minimum atomic E-state index is -0.529. The maximum atomic E-state index is 10.8. The maximum absolute atomic E-state index is 10.8. The van der Waals surface area contributed by atoms with Crippen molar-refractivity contribution >= 4 is 0 Å². The molecule has 0 radical (unpaired) electrons. The third-order valence-corrected chi connectivity index (χ3v) is 6.58. The van der Waals surface area contributed by atoms with Gasteiger partial charge in [-0.2, -0.15) is 0 Å². The Kier molecular flexibility index (Phi) is 5.56. The summed E-state index contributed by atoms with van der Waals surface area (Å²) in [7, 11) is 1.64. The van der Waals surface area contributed by atoms with Crippen molar-refractivity contribution in [3.05, 3.63) is 58.7 Å². The van der Waals surface area contributed by atoms with Crippen LogP contribution in [0.25, 0.3) is 0 Å². The predicted molar refractivity (Wildman–Crippen MR) is 112 cm³/mol. The van der Waals surface area contributed by atoms with Crippen molar-refractivity contribution in [1.82, 2.24) is 4.90 Å². The number of ether oxygens (including phenoxy) is 2.